The van der Waals surface area contributed by atoms with Crippen LogP contribution in [0.1, 0.15) is 25.3 Å². The van der Waals surface area contributed by atoms with Gasteiger partial charge in [-0.05, 0) is 37.5 Å². The number of amides is 1. The zero-order valence-electron chi connectivity index (χ0n) is 13.2. The summed E-state index contributed by atoms with van der Waals surface area (Å²) < 4.78 is 44.0. The molecule has 1 atom stereocenters. The molecule has 0 aromatic heterocycles. The summed E-state index contributed by atoms with van der Waals surface area (Å²) in [7, 11) is 0.985. The van der Waals surface area contributed by atoms with E-state index in [0.717, 1.165) is 14.0 Å². The lowest BCUT2D eigenvalue weighted by atomic mass is 9.74. The minimum absolute atomic E-state index is 0.0786. The van der Waals surface area contributed by atoms with E-state index >= 15 is 0 Å². The topological polar surface area (TPSA) is 75.6 Å². The third-order valence-electron chi connectivity index (χ3n) is 4.51. The highest BCUT2D eigenvalue weighted by Gasteiger charge is 2.53. The fraction of sp³-hybridized carbons (Fsp3) is 0.500. The smallest absolute Gasteiger partial charge is 0.421 e. The predicted molar refractivity (Wildman–Crippen MR) is 79.3 cm³/mol. The van der Waals surface area contributed by atoms with Gasteiger partial charge in [-0.1, -0.05) is 12.1 Å². The Hall–Kier alpha value is -2.09. The van der Waals surface area contributed by atoms with Gasteiger partial charge in [-0.2, -0.15) is 13.2 Å². The SMILES string of the molecule is COC(C)(c1ccc(NC(=O)C2CC(C(=O)O)C2)cc1)C(F)(F)F. The second-order valence-corrected chi connectivity index (χ2v) is 6.01. The molecule has 5 nitrogen and oxygen atoms in total. The van der Waals surface area contributed by atoms with Crippen molar-refractivity contribution in [3.63, 3.8) is 0 Å². The van der Waals surface area contributed by atoms with E-state index in [1.165, 1.54) is 24.3 Å². The van der Waals surface area contributed by atoms with Gasteiger partial charge < -0.3 is 15.2 Å². The van der Waals surface area contributed by atoms with E-state index in [-0.39, 0.29) is 30.2 Å². The number of carbonyl (C=O) groups is 2. The highest BCUT2D eigenvalue weighted by Crippen LogP contribution is 2.41. The van der Waals surface area contributed by atoms with Crippen molar-refractivity contribution in [1.29, 1.82) is 0 Å². The molecule has 0 bridgehead atoms. The Morgan fingerprint density at radius 3 is 2.12 bits per heavy atom. The quantitative estimate of drug-likeness (QED) is 0.860. The lowest BCUT2D eigenvalue weighted by molar-refractivity contribution is -0.269. The predicted octanol–water partition coefficient (Wildman–Crippen LogP) is 3.16. The first-order valence-electron chi connectivity index (χ1n) is 7.34. The van der Waals surface area contributed by atoms with Gasteiger partial charge in [0.25, 0.3) is 0 Å². The standard InChI is InChI=1S/C16H18F3NO4/c1-15(24-2,16(17,18)19)11-3-5-12(6-4-11)20-13(21)9-7-10(8-9)14(22)23/h3-6,9-10H,7-8H2,1-2H3,(H,20,21)(H,22,23). The summed E-state index contributed by atoms with van der Waals surface area (Å²) in [4.78, 5) is 22.7. The maximum Gasteiger partial charge on any atom is 0.421 e. The van der Waals surface area contributed by atoms with E-state index in [2.05, 4.69) is 10.1 Å². The van der Waals surface area contributed by atoms with Crippen molar-refractivity contribution in [1.82, 2.24) is 0 Å². The van der Waals surface area contributed by atoms with Crippen LogP contribution in [-0.4, -0.2) is 30.3 Å². The fourth-order valence-electron chi connectivity index (χ4n) is 2.55. The Balaban J connectivity index is 2.03. The monoisotopic (exact) mass is 345 g/mol. The maximum absolute atomic E-state index is 13.1. The normalized spacial score (nSPS) is 23.0. The average Bonchev–Trinajstić information content (AvgIpc) is 2.43. The number of ether oxygens (including phenoxy) is 1. The molecule has 2 rings (SSSR count). The number of hydrogen-bond acceptors (Lipinski definition) is 3. The van der Waals surface area contributed by atoms with E-state index in [9.17, 15) is 22.8 Å². The summed E-state index contributed by atoms with van der Waals surface area (Å²) in [6.07, 6.45) is -4.03. The molecule has 0 radical (unpaired) electrons. The van der Waals surface area contributed by atoms with Crippen LogP contribution in [0.5, 0.6) is 0 Å². The van der Waals surface area contributed by atoms with Crippen LogP contribution in [0.3, 0.4) is 0 Å². The first kappa shape index (κ1) is 18.3. The molecule has 0 spiro atoms. The number of hydrogen-bond donors (Lipinski definition) is 2. The van der Waals surface area contributed by atoms with Gasteiger partial charge in [0.05, 0.1) is 5.92 Å². The zero-order chi connectivity index (χ0) is 18.1. The number of carboxylic acid groups (broad SMARTS) is 1. The molecule has 2 N–H and O–H groups in total. The van der Waals surface area contributed by atoms with Crippen LogP contribution in [0.15, 0.2) is 24.3 Å². The first-order chi connectivity index (χ1) is 11.1. The number of methoxy groups -OCH3 is 1. The molecule has 24 heavy (non-hydrogen) atoms. The van der Waals surface area contributed by atoms with Crippen LogP contribution in [0.4, 0.5) is 18.9 Å². The zero-order valence-corrected chi connectivity index (χ0v) is 13.2. The Kier molecular flexibility index (Phi) is 4.89. The van der Waals surface area contributed by atoms with E-state index in [4.69, 9.17) is 5.11 Å². The molecule has 1 amide bonds. The van der Waals surface area contributed by atoms with Crippen molar-refractivity contribution in [3.8, 4) is 0 Å². The number of rotatable bonds is 5. The summed E-state index contributed by atoms with van der Waals surface area (Å²) in [5.74, 6) is -2.14. The van der Waals surface area contributed by atoms with Crippen LogP contribution < -0.4 is 5.32 Å². The van der Waals surface area contributed by atoms with Crippen molar-refractivity contribution < 1.29 is 32.6 Å². The number of carboxylic acids is 1. The minimum atomic E-state index is -4.58. The highest BCUT2D eigenvalue weighted by atomic mass is 19.4. The van der Waals surface area contributed by atoms with Crippen LogP contribution in [-0.2, 0) is 19.9 Å². The van der Waals surface area contributed by atoms with Gasteiger partial charge in [0.1, 0.15) is 0 Å². The van der Waals surface area contributed by atoms with E-state index < -0.39 is 23.7 Å². The Bertz CT molecular complexity index is 623. The molecule has 132 valence electrons. The first-order valence-corrected chi connectivity index (χ1v) is 7.34. The second-order valence-electron chi connectivity index (χ2n) is 6.01. The van der Waals surface area contributed by atoms with Gasteiger partial charge in [0, 0.05) is 18.7 Å². The molecule has 0 aliphatic heterocycles. The van der Waals surface area contributed by atoms with Gasteiger partial charge in [-0.25, -0.2) is 0 Å². The van der Waals surface area contributed by atoms with Gasteiger partial charge in [0.15, 0.2) is 5.60 Å². The fourth-order valence-corrected chi connectivity index (χ4v) is 2.55. The van der Waals surface area contributed by atoms with Crippen molar-refractivity contribution in [3.05, 3.63) is 29.8 Å². The lowest BCUT2D eigenvalue weighted by Gasteiger charge is -2.32. The van der Waals surface area contributed by atoms with Crippen molar-refractivity contribution in [2.45, 2.75) is 31.5 Å². The molecule has 1 saturated carbocycles. The number of anilines is 1. The van der Waals surface area contributed by atoms with Crippen molar-refractivity contribution in [2.24, 2.45) is 11.8 Å². The van der Waals surface area contributed by atoms with Crippen LogP contribution in [0.2, 0.25) is 0 Å². The summed E-state index contributed by atoms with van der Waals surface area (Å²) in [6, 6.07) is 5.22. The molecule has 1 aliphatic carbocycles. The summed E-state index contributed by atoms with van der Waals surface area (Å²) >= 11 is 0. The Labute approximate surface area is 136 Å². The van der Waals surface area contributed by atoms with Gasteiger partial charge in [0.2, 0.25) is 5.91 Å². The maximum atomic E-state index is 13.1. The van der Waals surface area contributed by atoms with Crippen LogP contribution >= 0.6 is 0 Å². The number of nitrogens with one attached hydrogen (secondary N) is 1. The lowest BCUT2D eigenvalue weighted by Crippen LogP contribution is -2.41. The van der Waals surface area contributed by atoms with E-state index in [1.807, 2.05) is 0 Å². The van der Waals surface area contributed by atoms with E-state index in [1.54, 1.807) is 0 Å². The molecule has 8 heteroatoms. The molecule has 0 heterocycles. The molecular formula is C16H18F3NO4. The Morgan fingerprint density at radius 2 is 1.71 bits per heavy atom. The third-order valence-corrected chi connectivity index (χ3v) is 4.51. The molecule has 1 aromatic rings. The molecule has 1 aromatic carbocycles. The highest BCUT2D eigenvalue weighted by molar-refractivity contribution is 5.94. The Morgan fingerprint density at radius 1 is 1.17 bits per heavy atom. The van der Waals surface area contributed by atoms with Gasteiger partial charge >= 0.3 is 12.1 Å². The number of benzene rings is 1. The second kappa shape index (κ2) is 6.43. The third kappa shape index (κ3) is 3.38. The minimum Gasteiger partial charge on any atom is -0.481 e. The van der Waals surface area contributed by atoms with Gasteiger partial charge in [-0.3, -0.25) is 9.59 Å². The average molecular weight is 345 g/mol. The molecule has 1 aliphatic rings. The number of aliphatic carboxylic acids is 1. The molecule has 0 saturated heterocycles. The summed E-state index contributed by atoms with van der Waals surface area (Å²) in [5.41, 5.74) is -2.16. The van der Waals surface area contributed by atoms with E-state index in [0.29, 0.717) is 5.69 Å². The molecular weight excluding hydrogens is 327 g/mol. The van der Waals surface area contributed by atoms with Crippen LogP contribution in [0.25, 0.3) is 0 Å². The van der Waals surface area contributed by atoms with Crippen molar-refractivity contribution >= 4 is 17.6 Å². The molecule has 1 fully saturated rings. The largest absolute Gasteiger partial charge is 0.481 e. The van der Waals surface area contributed by atoms with Crippen molar-refractivity contribution in [2.75, 3.05) is 12.4 Å². The van der Waals surface area contributed by atoms with Gasteiger partial charge in [-0.15, -0.1) is 0 Å². The number of alkyl halides is 3. The number of halogens is 3. The van der Waals surface area contributed by atoms with Crippen LogP contribution in [0, 0.1) is 11.8 Å². The summed E-state index contributed by atoms with van der Waals surface area (Å²) in [5, 5.41) is 11.4. The summed E-state index contributed by atoms with van der Waals surface area (Å²) in [6.45, 7) is 0.932. The molecule has 1 unspecified atom stereocenters. The number of carbonyl (C=O) groups excluding carboxylic acids is 1.